The molecule has 0 unspecified atom stereocenters. The van der Waals surface area contributed by atoms with Crippen LogP contribution >= 0.6 is 0 Å². The van der Waals surface area contributed by atoms with Crippen molar-refractivity contribution >= 4 is 21.6 Å². The Kier molecular flexibility index (Phi) is 5.36. The molecule has 0 saturated heterocycles. The maximum Gasteiger partial charge on any atom is 0.272 e. The monoisotopic (exact) mass is 414 g/mol. The number of amides is 1. The molecular formula is C20H22N4O4S. The summed E-state index contributed by atoms with van der Waals surface area (Å²) in [5.41, 5.74) is 1.08. The lowest BCUT2D eigenvalue weighted by molar-refractivity contribution is 0.101. The number of nitriles is 1. The zero-order valence-corrected chi connectivity index (χ0v) is 17.0. The Bertz CT molecular complexity index is 1140. The Labute approximate surface area is 169 Å². The molecule has 2 aromatic rings. The van der Waals surface area contributed by atoms with Crippen LogP contribution in [0.15, 0.2) is 41.9 Å². The Morgan fingerprint density at radius 3 is 2.86 bits per heavy atom. The third-order valence-corrected chi connectivity index (χ3v) is 6.81. The van der Waals surface area contributed by atoms with Crippen LogP contribution in [0.1, 0.15) is 33.6 Å². The number of fused-ring (bicyclic) bond motifs is 1. The lowest BCUT2D eigenvalue weighted by Gasteiger charge is -2.27. The van der Waals surface area contributed by atoms with E-state index in [2.05, 4.69) is 22.7 Å². The summed E-state index contributed by atoms with van der Waals surface area (Å²) in [7, 11) is -2.36. The fraction of sp³-hybridized carbons (Fsp3) is 0.300. The topological polar surface area (TPSA) is 124 Å². The molecule has 0 spiro atoms. The maximum absolute atomic E-state index is 13.0. The van der Waals surface area contributed by atoms with Gasteiger partial charge in [0.2, 0.25) is 10.0 Å². The highest BCUT2D eigenvalue weighted by Gasteiger charge is 2.39. The molecule has 0 fully saturated rings. The first kappa shape index (κ1) is 20.8. The third kappa shape index (κ3) is 3.70. The minimum Gasteiger partial charge on any atom is -0.394 e. The predicted octanol–water partition coefficient (Wildman–Crippen LogP) is 1.60. The van der Waals surface area contributed by atoms with E-state index in [9.17, 15) is 23.6 Å². The predicted molar refractivity (Wildman–Crippen MR) is 108 cm³/mol. The van der Waals surface area contributed by atoms with Gasteiger partial charge in [-0.2, -0.15) is 9.98 Å². The van der Waals surface area contributed by atoms with Crippen LogP contribution in [0.25, 0.3) is 0 Å². The quantitative estimate of drug-likeness (QED) is 0.656. The Morgan fingerprint density at radius 2 is 2.24 bits per heavy atom. The Balaban J connectivity index is 2.02. The minimum absolute atomic E-state index is 0.00365. The second kappa shape index (κ2) is 7.48. The maximum atomic E-state index is 13.0. The van der Waals surface area contributed by atoms with Crippen molar-refractivity contribution in [1.82, 2.24) is 9.29 Å². The fourth-order valence-corrected chi connectivity index (χ4v) is 5.19. The van der Waals surface area contributed by atoms with E-state index >= 15 is 0 Å². The zero-order valence-electron chi connectivity index (χ0n) is 16.2. The molecule has 3 N–H and O–H groups in total. The number of rotatable bonds is 4. The molecule has 29 heavy (non-hydrogen) atoms. The molecule has 2 heterocycles. The molecule has 1 aliphatic rings. The van der Waals surface area contributed by atoms with E-state index in [0.29, 0.717) is 16.8 Å². The fourth-order valence-electron chi connectivity index (χ4n) is 3.47. The highest BCUT2D eigenvalue weighted by atomic mass is 32.2. The van der Waals surface area contributed by atoms with Gasteiger partial charge in [-0.15, -0.1) is 6.58 Å². The van der Waals surface area contributed by atoms with E-state index in [-0.39, 0.29) is 23.4 Å². The number of anilines is 1. The van der Waals surface area contributed by atoms with Crippen LogP contribution in [0, 0.1) is 18.3 Å². The number of nitrogens with one attached hydrogen (secondary N) is 2. The molecule has 3 rings (SSSR count). The van der Waals surface area contributed by atoms with Crippen molar-refractivity contribution in [2.24, 2.45) is 7.05 Å². The SMILES string of the molecule is C=C[C@@]1(CO)CCc2c(cn(C)c2C(=O)Nc2ccc(C)c(C#N)c2)S(=O)(=O)N1. The molecule has 9 heteroatoms. The molecular weight excluding hydrogens is 392 g/mol. The number of nitrogens with zero attached hydrogens (tertiary/aromatic N) is 2. The van der Waals surface area contributed by atoms with Gasteiger partial charge in [-0.05, 0) is 37.5 Å². The van der Waals surface area contributed by atoms with E-state index < -0.39 is 28.1 Å². The minimum atomic E-state index is -3.96. The van der Waals surface area contributed by atoms with Crippen molar-refractivity contribution in [3.05, 3.63) is 59.4 Å². The summed E-state index contributed by atoms with van der Waals surface area (Å²) in [4.78, 5) is 13.0. The molecule has 1 aromatic heterocycles. The summed E-state index contributed by atoms with van der Waals surface area (Å²) < 4.78 is 29.7. The van der Waals surface area contributed by atoms with E-state index in [0.717, 1.165) is 5.56 Å². The zero-order chi connectivity index (χ0) is 21.4. The Morgan fingerprint density at radius 1 is 1.52 bits per heavy atom. The van der Waals surface area contributed by atoms with Gasteiger partial charge in [-0.1, -0.05) is 12.1 Å². The summed E-state index contributed by atoms with van der Waals surface area (Å²) in [5.74, 6) is -0.480. The van der Waals surface area contributed by atoms with Gasteiger partial charge in [0.05, 0.1) is 23.8 Å². The van der Waals surface area contributed by atoms with E-state index in [1.54, 1.807) is 32.2 Å². The lowest BCUT2D eigenvalue weighted by Crippen LogP contribution is -2.48. The molecule has 0 aliphatic carbocycles. The second-order valence-corrected chi connectivity index (χ2v) is 8.80. The molecule has 1 amide bonds. The van der Waals surface area contributed by atoms with Crippen LogP contribution in [0.2, 0.25) is 0 Å². The van der Waals surface area contributed by atoms with E-state index in [4.69, 9.17) is 0 Å². The van der Waals surface area contributed by atoms with E-state index in [1.165, 1.54) is 16.8 Å². The lowest BCUT2D eigenvalue weighted by atomic mass is 9.93. The summed E-state index contributed by atoms with van der Waals surface area (Å²) >= 11 is 0. The summed E-state index contributed by atoms with van der Waals surface area (Å²) in [5, 5.41) is 21.6. The summed E-state index contributed by atoms with van der Waals surface area (Å²) in [6, 6.07) is 7.05. The smallest absolute Gasteiger partial charge is 0.272 e. The average molecular weight is 414 g/mol. The number of carbonyl (C=O) groups is 1. The van der Waals surface area contributed by atoms with Gasteiger partial charge in [0.15, 0.2) is 0 Å². The standard InChI is InChI=1S/C20H22N4O4S/c1-4-20(12-25)8-7-16-17(29(27,28)23-20)11-24(3)18(16)19(26)22-15-6-5-13(2)14(9-15)10-21/h4-6,9,11,23,25H,1,7-8,12H2,2-3H3,(H,22,26)/t20-/m0/s1. The van der Waals surface area contributed by atoms with Gasteiger partial charge in [0, 0.05) is 24.5 Å². The van der Waals surface area contributed by atoms with Crippen LogP contribution in [-0.4, -0.2) is 36.1 Å². The van der Waals surface area contributed by atoms with Crippen molar-refractivity contribution in [2.45, 2.75) is 30.2 Å². The van der Waals surface area contributed by atoms with Gasteiger partial charge < -0.3 is 15.0 Å². The molecule has 1 atom stereocenters. The largest absolute Gasteiger partial charge is 0.394 e. The van der Waals surface area contributed by atoms with Crippen LogP contribution in [-0.2, 0) is 23.5 Å². The molecule has 0 saturated carbocycles. The van der Waals surface area contributed by atoms with Crippen LogP contribution < -0.4 is 10.0 Å². The normalized spacial score (nSPS) is 20.2. The number of aryl methyl sites for hydroxylation is 2. The van der Waals surface area contributed by atoms with Crippen molar-refractivity contribution in [3.63, 3.8) is 0 Å². The first-order valence-corrected chi connectivity index (χ1v) is 10.4. The van der Waals surface area contributed by atoms with Crippen molar-refractivity contribution in [2.75, 3.05) is 11.9 Å². The van der Waals surface area contributed by atoms with Crippen molar-refractivity contribution < 1.29 is 18.3 Å². The molecule has 152 valence electrons. The molecule has 1 aliphatic heterocycles. The number of hydrogen-bond donors (Lipinski definition) is 3. The van der Waals surface area contributed by atoms with Gasteiger partial charge in [0.25, 0.3) is 5.91 Å². The number of aliphatic hydroxyl groups is 1. The molecule has 8 nitrogen and oxygen atoms in total. The van der Waals surface area contributed by atoms with Crippen LogP contribution in [0.5, 0.6) is 0 Å². The number of sulfonamides is 1. The van der Waals surface area contributed by atoms with Crippen LogP contribution in [0.3, 0.4) is 0 Å². The summed E-state index contributed by atoms with van der Waals surface area (Å²) in [6.45, 7) is 5.00. The van der Waals surface area contributed by atoms with Crippen molar-refractivity contribution in [3.8, 4) is 6.07 Å². The number of carbonyl (C=O) groups excluding carboxylic acids is 1. The van der Waals surface area contributed by atoms with Gasteiger partial charge in [0.1, 0.15) is 10.6 Å². The average Bonchev–Trinajstić information content (AvgIpc) is 2.98. The highest BCUT2D eigenvalue weighted by molar-refractivity contribution is 7.89. The number of aromatic nitrogens is 1. The van der Waals surface area contributed by atoms with E-state index in [1.807, 2.05) is 0 Å². The highest BCUT2D eigenvalue weighted by Crippen LogP contribution is 2.31. The Hall–Kier alpha value is -2.93. The molecule has 1 aromatic carbocycles. The molecule has 0 radical (unpaired) electrons. The summed E-state index contributed by atoms with van der Waals surface area (Å²) in [6.07, 6.45) is 3.28. The first-order valence-electron chi connectivity index (χ1n) is 8.95. The second-order valence-electron chi connectivity index (χ2n) is 7.15. The molecule has 0 bridgehead atoms. The number of aliphatic hydroxyl groups excluding tert-OH is 1. The van der Waals surface area contributed by atoms with Gasteiger partial charge in [-0.3, -0.25) is 4.79 Å². The first-order chi connectivity index (χ1) is 13.7. The third-order valence-electron chi connectivity index (χ3n) is 5.20. The van der Waals surface area contributed by atoms with Gasteiger partial charge in [-0.25, -0.2) is 8.42 Å². The van der Waals surface area contributed by atoms with Crippen LogP contribution in [0.4, 0.5) is 5.69 Å². The number of benzene rings is 1. The van der Waals surface area contributed by atoms with Crippen molar-refractivity contribution in [1.29, 1.82) is 5.26 Å². The number of hydrogen-bond acceptors (Lipinski definition) is 5. The van der Waals surface area contributed by atoms with Gasteiger partial charge >= 0.3 is 0 Å².